The number of nitro benzene ring substituents is 1. The van der Waals surface area contributed by atoms with Gasteiger partial charge in [-0.15, -0.1) is 0 Å². The van der Waals surface area contributed by atoms with Gasteiger partial charge in [0.15, 0.2) is 0 Å². The zero-order chi connectivity index (χ0) is 23.8. The fourth-order valence-electron chi connectivity index (χ4n) is 4.50. The molecule has 0 aliphatic carbocycles. The summed E-state index contributed by atoms with van der Waals surface area (Å²) in [6.45, 7) is 0. The van der Waals surface area contributed by atoms with Gasteiger partial charge in [-0.1, -0.05) is 60.7 Å². The summed E-state index contributed by atoms with van der Waals surface area (Å²) in [7, 11) is 0. The molecule has 1 aliphatic heterocycles. The Labute approximate surface area is 201 Å². The lowest BCUT2D eigenvalue weighted by atomic mass is 9.95. The Morgan fingerprint density at radius 2 is 1.40 bits per heavy atom. The summed E-state index contributed by atoms with van der Waals surface area (Å²) in [5, 5.41) is 23.6. The van der Waals surface area contributed by atoms with E-state index >= 15 is 0 Å². The van der Waals surface area contributed by atoms with Gasteiger partial charge in [0.25, 0.3) is 5.69 Å². The van der Waals surface area contributed by atoms with E-state index in [1.54, 1.807) is 12.1 Å². The molecule has 35 heavy (non-hydrogen) atoms. The number of anilines is 3. The normalized spacial score (nSPS) is 14.1. The van der Waals surface area contributed by atoms with Crippen LogP contribution in [0.4, 0.5) is 22.9 Å². The van der Waals surface area contributed by atoms with Gasteiger partial charge in [-0.2, -0.15) is 5.10 Å². The molecule has 1 atom stereocenters. The summed E-state index contributed by atoms with van der Waals surface area (Å²) >= 11 is 0. The van der Waals surface area contributed by atoms with Gasteiger partial charge in [-0.3, -0.25) is 10.1 Å². The van der Waals surface area contributed by atoms with Crippen molar-refractivity contribution in [1.29, 1.82) is 0 Å². The van der Waals surface area contributed by atoms with Gasteiger partial charge < -0.3 is 10.6 Å². The van der Waals surface area contributed by atoms with E-state index in [1.807, 2.05) is 102 Å². The van der Waals surface area contributed by atoms with Crippen molar-refractivity contribution >= 4 is 22.9 Å². The van der Waals surface area contributed by atoms with Crippen molar-refractivity contribution in [3.8, 4) is 16.9 Å². The Kier molecular flexibility index (Phi) is 5.00. The van der Waals surface area contributed by atoms with Gasteiger partial charge in [0.05, 0.1) is 28.0 Å². The molecule has 0 bridgehead atoms. The van der Waals surface area contributed by atoms with Gasteiger partial charge in [-0.25, -0.2) is 4.68 Å². The molecule has 1 aromatic heterocycles. The third kappa shape index (κ3) is 3.69. The van der Waals surface area contributed by atoms with Gasteiger partial charge in [-0.05, 0) is 42.0 Å². The van der Waals surface area contributed by atoms with E-state index < -0.39 is 0 Å². The van der Waals surface area contributed by atoms with E-state index in [0.717, 1.165) is 45.3 Å². The summed E-state index contributed by atoms with van der Waals surface area (Å²) in [6.07, 6.45) is 0. The molecule has 0 fully saturated rings. The zero-order valence-corrected chi connectivity index (χ0v) is 18.6. The molecular formula is C28H21N5O2. The molecule has 1 unspecified atom stereocenters. The molecular weight excluding hydrogens is 438 g/mol. The largest absolute Gasteiger partial charge is 0.372 e. The fourth-order valence-corrected chi connectivity index (χ4v) is 4.50. The molecule has 1 aliphatic rings. The van der Waals surface area contributed by atoms with Crippen LogP contribution in [0.2, 0.25) is 0 Å². The zero-order valence-electron chi connectivity index (χ0n) is 18.6. The van der Waals surface area contributed by atoms with E-state index in [9.17, 15) is 10.1 Å². The second kappa shape index (κ2) is 8.46. The van der Waals surface area contributed by atoms with Crippen molar-refractivity contribution < 1.29 is 4.92 Å². The number of rotatable bonds is 4. The van der Waals surface area contributed by atoms with Crippen LogP contribution in [0.5, 0.6) is 0 Å². The second-order valence-corrected chi connectivity index (χ2v) is 8.32. The number of aromatic nitrogens is 2. The first kappa shape index (κ1) is 20.7. The summed E-state index contributed by atoms with van der Waals surface area (Å²) in [5.74, 6) is 0.843. The predicted octanol–water partition coefficient (Wildman–Crippen LogP) is 6.71. The number of nitrogens with one attached hydrogen (secondary N) is 2. The standard InChI is InChI=1S/C28H21N5O2/c34-33(35)22-17-15-20(16-18-22)26-25-27(19-9-3-1-4-10-19)31-32(21-11-5-2-6-12-21)28(25)30-24-14-8-7-13-23(24)29-26/h1-18,26,29-30H. The minimum absolute atomic E-state index is 0.0596. The highest BCUT2D eigenvalue weighted by Crippen LogP contribution is 2.45. The smallest absolute Gasteiger partial charge is 0.269 e. The number of fused-ring (bicyclic) bond motifs is 2. The Bertz CT molecular complexity index is 1510. The van der Waals surface area contributed by atoms with Crippen molar-refractivity contribution in [2.45, 2.75) is 6.04 Å². The van der Waals surface area contributed by atoms with Gasteiger partial charge in [0, 0.05) is 23.3 Å². The summed E-state index contributed by atoms with van der Waals surface area (Å²) in [5.41, 5.74) is 6.54. The monoisotopic (exact) mass is 459 g/mol. The van der Waals surface area contributed by atoms with E-state index in [-0.39, 0.29) is 16.7 Å². The molecule has 7 nitrogen and oxygen atoms in total. The lowest BCUT2D eigenvalue weighted by molar-refractivity contribution is -0.384. The van der Waals surface area contributed by atoms with Gasteiger partial charge >= 0.3 is 0 Å². The first-order valence-electron chi connectivity index (χ1n) is 11.3. The van der Waals surface area contributed by atoms with Crippen molar-refractivity contribution in [2.24, 2.45) is 0 Å². The van der Waals surface area contributed by atoms with E-state index in [1.165, 1.54) is 0 Å². The number of non-ortho nitro benzene ring substituents is 1. The van der Waals surface area contributed by atoms with Crippen LogP contribution in [-0.4, -0.2) is 14.7 Å². The van der Waals surface area contributed by atoms with Crippen LogP contribution in [0.25, 0.3) is 16.9 Å². The second-order valence-electron chi connectivity index (χ2n) is 8.32. The van der Waals surface area contributed by atoms with Gasteiger partial charge in [0.1, 0.15) is 11.5 Å². The van der Waals surface area contributed by atoms with Crippen LogP contribution in [0.15, 0.2) is 109 Å². The Balaban J connectivity index is 1.63. The van der Waals surface area contributed by atoms with Crippen molar-refractivity contribution in [2.75, 3.05) is 10.6 Å². The molecule has 2 heterocycles. The van der Waals surface area contributed by atoms with Crippen molar-refractivity contribution in [1.82, 2.24) is 9.78 Å². The topological polar surface area (TPSA) is 85.0 Å². The molecule has 5 aromatic rings. The number of hydrogen-bond donors (Lipinski definition) is 2. The molecule has 4 aromatic carbocycles. The number of hydrogen-bond acceptors (Lipinski definition) is 5. The first-order chi connectivity index (χ1) is 17.2. The third-order valence-corrected chi connectivity index (χ3v) is 6.18. The highest BCUT2D eigenvalue weighted by atomic mass is 16.6. The maximum Gasteiger partial charge on any atom is 0.269 e. The van der Waals surface area contributed by atoms with Crippen LogP contribution in [0.1, 0.15) is 17.2 Å². The van der Waals surface area contributed by atoms with Crippen LogP contribution >= 0.6 is 0 Å². The quantitative estimate of drug-likeness (QED) is 0.231. The molecule has 0 radical (unpaired) electrons. The summed E-state index contributed by atoms with van der Waals surface area (Å²) in [4.78, 5) is 10.9. The maximum absolute atomic E-state index is 11.3. The van der Waals surface area contributed by atoms with Crippen LogP contribution in [0.3, 0.4) is 0 Å². The van der Waals surface area contributed by atoms with Crippen LogP contribution in [0, 0.1) is 10.1 Å². The highest BCUT2D eigenvalue weighted by Gasteiger charge is 2.31. The molecule has 0 saturated heterocycles. The Morgan fingerprint density at radius 3 is 2.09 bits per heavy atom. The number of para-hydroxylation sites is 3. The van der Waals surface area contributed by atoms with E-state index in [2.05, 4.69) is 10.6 Å². The molecule has 170 valence electrons. The summed E-state index contributed by atoms with van der Waals surface area (Å²) in [6, 6.07) is 34.5. The molecule has 0 spiro atoms. The average Bonchev–Trinajstić information content (AvgIpc) is 3.19. The molecule has 2 N–H and O–H groups in total. The summed E-state index contributed by atoms with van der Waals surface area (Å²) < 4.78 is 1.93. The van der Waals surface area contributed by atoms with Crippen LogP contribution in [-0.2, 0) is 0 Å². The van der Waals surface area contributed by atoms with E-state index in [0.29, 0.717) is 0 Å². The minimum Gasteiger partial charge on any atom is -0.372 e. The number of benzene rings is 4. The number of nitrogens with zero attached hydrogens (tertiary/aromatic N) is 3. The lowest BCUT2D eigenvalue weighted by Crippen LogP contribution is -2.12. The lowest BCUT2D eigenvalue weighted by Gasteiger charge is -2.20. The Morgan fingerprint density at radius 1 is 0.771 bits per heavy atom. The predicted molar refractivity (Wildman–Crippen MR) is 137 cm³/mol. The number of nitro groups is 1. The molecule has 6 rings (SSSR count). The SMILES string of the molecule is O=[N+]([O-])c1ccc(C2Nc3ccccc3Nc3c2c(-c2ccccc2)nn3-c2ccccc2)cc1. The van der Waals surface area contributed by atoms with Crippen LogP contribution < -0.4 is 10.6 Å². The Hall–Kier alpha value is -4.91. The maximum atomic E-state index is 11.3. The molecule has 7 heteroatoms. The van der Waals surface area contributed by atoms with Gasteiger partial charge in [0.2, 0.25) is 0 Å². The van der Waals surface area contributed by atoms with Crippen molar-refractivity contribution in [3.63, 3.8) is 0 Å². The third-order valence-electron chi connectivity index (χ3n) is 6.18. The average molecular weight is 460 g/mol. The first-order valence-corrected chi connectivity index (χ1v) is 11.3. The van der Waals surface area contributed by atoms with E-state index in [4.69, 9.17) is 5.10 Å². The molecule has 0 saturated carbocycles. The molecule has 0 amide bonds. The highest BCUT2D eigenvalue weighted by molar-refractivity contribution is 5.84. The minimum atomic E-state index is -0.380. The fraction of sp³-hybridized carbons (Fsp3) is 0.0357. The van der Waals surface area contributed by atoms with Crippen molar-refractivity contribution in [3.05, 3.63) is 130 Å².